The summed E-state index contributed by atoms with van der Waals surface area (Å²) in [6.07, 6.45) is 6.14. The molecule has 3 aromatic carbocycles. The Labute approximate surface area is 339 Å². The van der Waals surface area contributed by atoms with E-state index < -0.39 is 13.3 Å². The third kappa shape index (κ3) is 9.66. The smallest absolute Gasteiger partial charge is 0.216 e. The maximum Gasteiger partial charge on any atom is 0.216 e. The van der Waals surface area contributed by atoms with Crippen LogP contribution < -0.4 is 4.40 Å². The van der Waals surface area contributed by atoms with Gasteiger partial charge in [0.15, 0.2) is 0 Å². The van der Waals surface area contributed by atoms with Crippen LogP contribution in [0.4, 0.5) is 0 Å². The Morgan fingerprint density at radius 3 is 2.17 bits per heavy atom. The van der Waals surface area contributed by atoms with Gasteiger partial charge in [0, 0.05) is 37.3 Å². The first-order valence-corrected chi connectivity index (χ1v) is 26.2. The monoisotopic (exact) mass is 954 g/mol. The summed E-state index contributed by atoms with van der Waals surface area (Å²) in [5.74, 6) is 7.99. The number of nitrogens with zero attached hydrogens (tertiary/aromatic N) is 3. The largest absolute Gasteiger partial charge is 0.486 e. The minimum Gasteiger partial charge on any atom is -0.486 e. The SMILES string of the molecule is CC(C)Cc1cc(-c2[c-]cccc2)nc[c]1[Ge]([CH3])([CH3])[CH3].Cc1cc(C)c(-c2ccc3c(n2)oc2c(-c4cc(CC(C)(C)C)ccn4)[c-]ccc23)c(C)c1.[Ir]. The number of rotatable bonds is 7. The second-order valence-electron chi connectivity index (χ2n) is 17.2. The van der Waals surface area contributed by atoms with Crippen LogP contribution in [0.15, 0.2) is 95.7 Å². The normalized spacial score (nSPS) is 11.8. The summed E-state index contributed by atoms with van der Waals surface area (Å²) in [4.78, 5) is 14.3. The van der Waals surface area contributed by atoms with E-state index in [0.29, 0.717) is 11.6 Å². The van der Waals surface area contributed by atoms with Crippen molar-refractivity contribution in [3.8, 4) is 33.8 Å². The summed E-state index contributed by atoms with van der Waals surface area (Å²) in [7, 11) is 0. The predicted molar refractivity (Wildman–Crippen MR) is 226 cm³/mol. The molecule has 0 aliphatic rings. The van der Waals surface area contributed by atoms with Crippen LogP contribution in [-0.4, -0.2) is 28.2 Å². The van der Waals surface area contributed by atoms with E-state index in [2.05, 4.69) is 145 Å². The summed E-state index contributed by atoms with van der Waals surface area (Å²) in [6, 6.07) is 33.9. The van der Waals surface area contributed by atoms with Gasteiger partial charge in [-0.15, -0.1) is 18.2 Å². The molecule has 4 nitrogen and oxygen atoms in total. The van der Waals surface area contributed by atoms with Crippen LogP contribution >= 0.6 is 0 Å². The van der Waals surface area contributed by atoms with Gasteiger partial charge < -0.3 is 9.40 Å². The molecule has 281 valence electrons. The second-order valence-corrected chi connectivity index (χ2v) is 27.7. The summed E-state index contributed by atoms with van der Waals surface area (Å²) in [6.45, 7) is 17.7. The van der Waals surface area contributed by atoms with E-state index in [1.54, 1.807) is 4.40 Å². The van der Waals surface area contributed by atoms with Crippen molar-refractivity contribution in [3.63, 3.8) is 0 Å². The van der Waals surface area contributed by atoms with Gasteiger partial charge in [0.1, 0.15) is 0 Å². The van der Waals surface area contributed by atoms with Crippen molar-refractivity contribution in [1.29, 1.82) is 0 Å². The van der Waals surface area contributed by atoms with Crippen molar-refractivity contribution in [2.45, 2.75) is 85.5 Å². The molecule has 0 bridgehead atoms. The van der Waals surface area contributed by atoms with E-state index in [1.165, 1.54) is 33.4 Å². The van der Waals surface area contributed by atoms with E-state index in [9.17, 15) is 0 Å². The van der Waals surface area contributed by atoms with Crippen molar-refractivity contribution in [3.05, 3.63) is 131 Å². The van der Waals surface area contributed by atoms with Crippen LogP contribution in [0, 0.1) is 44.2 Å². The zero-order valence-electron chi connectivity index (χ0n) is 33.7. The molecule has 0 unspecified atom stereocenters. The van der Waals surface area contributed by atoms with Crippen LogP contribution in [0.5, 0.6) is 0 Å². The molecule has 54 heavy (non-hydrogen) atoms. The summed E-state index contributed by atoms with van der Waals surface area (Å²) in [5.41, 5.74) is 14.1. The van der Waals surface area contributed by atoms with Gasteiger partial charge in [0.2, 0.25) is 5.71 Å². The zero-order valence-corrected chi connectivity index (χ0v) is 38.2. The molecule has 4 heterocycles. The second kappa shape index (κ2) is 16.9. The summed E-state index contributed by atoms with van der Waals surface area (Å²) in [5, 5.41) is 2.05. The van der Waals surface area contributed by atoms with Gasteiger partial charge in [-0.1, -0.05) is 61.0 Å². The third-order valence-electron chi connectivity index (χ3n) is 9.46. The van der Waals surface area contributed by atoms with Crippen molar-refractivity contribution >= 4 is 39.7 Å². The van der Waals surface area contributed by atoms with Crippen molar-refractivity contribution in [1.82, 2.24) is 15.0 Å². The quantitative estimate of drug-likeness (QED) is 0.118. The van der Waals surface area contributed by atoms with Gasteiger partial charge in [-0.25, -0.2) is 4.98 Å². The van der Waals surface area contributed by atoms with E-state index in [4.69, 9.17) is 14.4 Å². The molecule has 0 amide bonds. The van der Waals surface area contributed by atoms with Crippen LogP contribution in [0.3, 0.4) is 0 Å². The minimum atomic E-state index is -1.86. The Hall–Kier alpha value is -3.90. The Balaban J connectivity index is 0.000000230. The van der Waals surface area contributed by atoms with Crippen LogP contribution in [0.2, 0.25) is 17.3 Å². The molecule has 0 atom stereocenters. The number of benzene rings is 3. The Kier molecular flexibility index (Phi) is 12.9. The van der Waals surface area contributed by atoms with Gasteiger partial charge in [-0.2, -0.15) is 0 Å². The fourth-order valence-electron chi connectivity index (χ4n) is 7.35. The average molecular weight is 953 g/mol. The molecule has 0 aliphatic carbocycles. The predicted octanol–water partition coefficient (Wildman–Crippen LogP) is 12.3. The maximum atomic E-state index is 6.36. The number of aryl methyl sites for hydroxylation is 3. The molecule has 0 saturated carbocycles. The molecule has 6 heteroatoms. The van der Waals surface area contributed by atoms with Crippen LogP contribution in [-0.2, 0) is 32.9 Å². The molecule has 0 N–H and O–H groups in total. The molecule has 0 spiro atoms. The first kappa shape index (κ1) is 41.3. The zero-order chi connectivity index (χ0) is 38.1. The Morgan fingerprint density at radius 1 is 0.778 bits per heavy atom. The standard InChI is InChI=1S/C30H29N2O.C18H24GeN.Ir/c1-18-14-19(2)27(20(3)15-18)25-11-10-23-22-8-7-9-24(28(22)33-29(23)32-25)26-16-21(12-13-31-26)17-30(4,5)6;1-14(2)11-16-12-18(15-9-7-6-8-10-15)20-13-17(16)19(3,4)5;/h7-8,10-16H,17H2,1-6H3;6-9,12-14H,11H2,1-5H3;/q2*-1;. The van der Waals surface area contributed by atoms with E-state index in [0.717, 1.165) is 57.4 Å². The topological polar surface area (TPSA) is 51.8 Å². The molecule has 7 rings (SSSR count). The molecule has 0 aliphatic heterocycles. The molecule has 0 fully saturated rings. The van der Waals surface area contributed by atoms with E-state index in [1.807, 2.05) is 36.5 Å². The van der Waals surface area contributed by atoms with E-state index >= 15 is 0 Å². The maximum absolute atomic E-state index is 6.36. The summed E-state index contributed by atoms with van der Waals surface area (Å²) < 4.78 is 7.90. The molecular weight excluding hydrogens is 899 g/mol. The first-order valence-electron chi connectivity index (χ1n) is 18.8. The summed E-state index contributed by atoms with van der Waals surface area (Å²) >= 11 is -1.86. The van der Waals surface area contributed by atoms with Crippen LogP contribution in [0.25, 0.3) is 55.8 Å². The Bertz CT molecular complexity index is 2360. The van der Waals surface area contributed by atoms with Gasteiger partial charge >= 0.3 is 126 Å². The van der Waals surface area contributed by atoms with Gasteiger partial charge in [0.05, 0.1) is 11.3 Å². The third-order valence-corrected chi connectivity index (χ3v) is 13.8. The van der Waals surface area contributed by atoms with Gasteiger partial charge in [-0.05, 0) is 67.6 Å². The fraction of sp³-hybridized carbons (Fsp3) is 0.312. The molecule has 4 aromatic heterocycles. The van der Waals surface area contributed by atoms with Crippen LogP contribution in [0.1, 0.15) is 62.4 Å². The van der Waals surface area contributed by atoms with Crippen molar-refractivity contribution in [2.24, 2.45) is 11.3 Å². The average Bonchev–Trinajstić information content (AvgIpc) is 3.45. The van der Waals surface area contributed by atoms with Gasteiger partial charge in [-0.3, -0.25) is 0 Å². The fourth-order valence-corrected chi connectivity index (χ4v) is 10.7. The van der Waals surface area contributed by atoms with Gasteiger partial charge in [0.25, 0.3) is 0 Å². The molecule has 7 aromatic rings. The van der Waals surface area contributed by atoms with Crippen molar-refractivity contribution < 1.29 is 24.5 Å². The minimum absolute atomic E-state index is 0. The number of furan rings is 1. The molecule has 0 saturated heterocycles. The first-order chi connectivity index (χ1) is 25.1. The number of fused-ring (bicyclic) bond motifs is 3. The number of hydrogen-bond donors (Lipinski definition) is 0. The molecule has 1 radical (unpaired) electrons. The Morgan fingerprint density at radius 2 is 1.52 bits per heavy atom. The van der Waals surface area contributed by atoms with E-state index in [-0.39, 0.29) is 25.5 Å². The number of hydrogen-bond acceptors (Lipinski definition) is 4. The van der Waals surface area contributed by atoms with Crippen molar-refractivity contribution in [2.75, 3.05) is 0 Å². The molecular formula is C48H53GeIrN3O-2. The number of pyridine rings is 3. The number of aromatic nitrogens is 3.